The van der Waals surface area contributed by atoms with E-state index in [2.05, 4.69) is 88.7 Å². The molecular formula is C40H49N5O2. The molecule has 5 aromatic rings. The van der Waals surface area contributed by atoms with Crippen LogP contribution in [0.15, 0.2) is 77.4 Å². The van der Waals surface area contributed by atoms with Gasteiger partial charge in [-0.15, -0.1) is 0 Å². The first-order valence-electron chi connectivity index (χ1n) is 17.5. The molecule has 3 aromatic carbocycles. The summed E-state index contributed by atoms with van der Waals surface area (Å²) in [7, 11) is 2.22. The largest absolute Gasteiger partial charge is 0.464 e. The van der Waals surface area contributed by atoms with E-state index in [0.29, 0.717) is 0 Å². The third-order valence-electron chi connectivity index (χ3n) is 10.7. The Morgan fingerprint density at radius 3 is 2.21 bits per heavy atom. The van der Waals surface area contributed by atoms with Crippen molar-refractivity contribution in [1.82, 2.24) is 24.2 Å². The third-order valence-corrected chi connectivity index (χ3v) is 10.7. The number of aryl methyl sites for hydroxylation is 2. The van der Waals surface area contributed by atoms with Crippen LogP contribution in [0, 0.1) is 13.8 Å². The molecule has 0 aliphatic carbocycles. The minimum Gasteiger partial charge on any atom is -0.464 e. The number of rotatable bonds is 10. The Morgan fingerprint density at radius 2 is 1.43 bits per heavy atom. The molecule has 0 saturated carbocycles. The predicted octanol–water partition coefficient (Wildman–Crippen LogP) is 6.23. The minimum absolute atomic E-state index is 0.142. The molecule has 2 aromatic heterocycles. The topological polar surface area (TPSA) is 48.1 Å². The predicted molar refractivity (Wildman–Crippen MR) is 191 cm³/mol. The summed E-state index contributed by atoms with van der Waals surface area (Å²) >= 11 is 0. The molecule has 0 unspecified atom stereocenters. The molecule has 7 heteroatoms. The van der Waals surface area contributed by atoms with Gasteiger partial charge in [0.2, 0.25) is 0 Å². The van der Waals surface area contributed by atoms with E-state index in [1.54, 1.807) is 6.26 Å². The second-order valence-corrected chi connectivity index (χ2v) is 13.8. The van der Waals surface area contributed by atoms with Crippen LogP contribution in [0.25, 0.3) is 21.9 Å². The molecule has 0 N–H and O–H groups in total. The molecule has 0 atom stereocenters. The van der Waals surface area contributed by atoms with E-state index in [1.807, 2.05) is 23.1 Å². The summed E-state index contributed by atoms with van der Waals surface area (Å²) in [5.74, 6) is 0.142. The van der Waals surface area contributed by atoms with Crippen molar-refractivity contribution in [3.63, 3.8) is 0 Å². The summed E-state index contributed by atoms with van der Waals surface area (Å²) in [4.78, 5) is 22.9. The van der Waals surface area contributed by atoms with Gasteiger partial charge in [-0.2, -0.15) is 0 Å². The molecule has 0 spiro atoms. The van der Waals surface area contributed by atoms with Gasteiger partial charge < -0.3 is 23.7 Å². The van der Waals surface area contributed by atoms with Gasteiger partial charge in [-0.25, -0.2) is 0 Å². The summed E-state index contributed by atoms with van der Waals surface area (Å²) in [5.41, 5.74) is 9.72. The highest BCUT2D eigenvalue weighted by molar-refractivity contribution is 5.94. The van der Waals surface area contributed by atoms with Crippen LogP contribution in [-0.4, -0.2) is 103 Å². The van der Waals surface area contributed by atoms with Gasteiger partial charge in [-0.05, 0) is 111 Å². The lowest BCUT2D eigenvalue weighted by Gasteiger charge is -2.34. The van der Waals surface area contributed by atoms with E-state index < -0.39 is 0 Å². The van der Waals surface area contributed by atoms with Gasteiger partial charge >= 0.3 is 0 Å². The number of nitrogens with zero attached hydrogens (tertiary/aromatic N) is 5. The van der Waals surface area contributed by atoms with Crippen molar-refractivity contribution >= 4 is 27.8 Å². The van der Waals surface area contributed by atoms with Gasteiger partial charge in [0.1, 0.15) is 5.58 Å². The van der Waals surface area contributed by atoms with Crippen molar-refractivity contribution in [3.05, 3.63) is 107 Å². The molecular weight excluding hydrogens is 582 g/mol. The highest BCUT2D eigenvalue weighted by Gasteiger charge is 2.22. The number of carbonyl (C=O) groups is 1. The molecule has 4 heterocycles. The standard InChI is InChI=1S/C40H49N5O2/c1-30-31(2)45(16-4-15-42-20-18-41(3)19-21-42)38-11-7-34(29-37(30)38)27-32-5-9-35(10-6-32)40(46)44-24-22-43(23-25-44)17-13-33-8-12-39-36(28-33)14-26-47-39/h5-12,14,26,28-29H,4,13,15-25,27H2,1-3H3. The first-order chi connectivity index (χ1) is 22.9. The van der Waals surface area contributed by atoms with Crippen LogP contribution in [0.4, 0.5) is 0 Å². The monoisotopic (exact) mass is 631 g/mol. The Bertz CT molecular complexity index is 1820. The van der Waals surface area contributed by atoms with Crippen molar-refractivity contribution in [1.29, 1.82) is 0 Å². The van der Waals surface area contributed by atoms with Crippen molar-refractivity contribution in [2.24, 2.45) is 0 Å². The number of fused-ring (bicyclic) bond motifs is 2. The van der Waals surface area contributed by atoms with E-state index in [4.69, 9.17) is 4.42 Å². The van der Waals surface area contributed by atoms with Gasteiger partial charge in [0.05, 0.1) is 6.26 Å². The second-order valence-electron chi connectivity index (χ2n) is 13.8. The van der Waals surface area contributed by atoms with Crippen molar-refractivity contribution < 1.29 is 9.21 Å². The highest BCUT2D eigenvalue weighted by Crippen LogP contribution is 2.28. The number of piperazine rings is 2. The molecule has 0 bridgehead atoms. The molecule has 7 nitrogen and oxygen atoms in total. The Labute approximate surface area is 279 Å². The van der Waals surface area contributed by atoms with E-state index in [1.165, 1.54) is 78.0 Å². The molecule has 0 radical (unpaired) electrons. The maximum atomic E-state index is 13.3. The second kappa shape index (κ2) is 14.1. The molecule has 1 amide bonds. The third kappa shape index (κ3) is 7.18. The van der Waals surface area contributed by atoms with Gasteiger partial charge in [-0.3, -0.25) is 9.69 Å². The van der Waals surface area contributed by atoms with E-state index in [-0.39, 0.29) is 5.91 Å². The highest BCUT2D eigenvalue weighted by atomic mass is 16.3. The van der Waals surface area contributed by atoms with Crippen molar-refractivity contribution in [3.8, 4) is 0 Å². The Kier molecular flexibility index (Phi) is 9.48. The summed E-state index contributed by atoms with van der Waals surface area (Å²) in [6.45, 7) is 15.9. The molecule has 2 saturated heterocycles. The lowest BCUT2D eigenvalue weighted by Crippen LogP contribution is -2.49. The smallest absolute Gasteiger partial charge is 0.253 e. The summed E-state index contributed by atoms with van der Waals surface area (Å²) in [6.07, 6.45) is 4.80. The number of carbonyl (C=O) groups excluding carboxylic acids is 1. The minimum atomic E-state index is 0.142. The fraction of sp³-hybridized carbons (Fsp3) is 0.425. The van der Waals surface area contributed by atoms with Crippen LogP contribution >= 0.6 is 0 Å². The molecule has 2 fully saturated rings. The number of furan rings is 1. The van der Waals surface area contributed by atoms with Crippen molar-refractivity contribution in [2.75, 3.05) is 72.5 Å². The fourth-order valence-electron chi connectivity index (χ4n) is 7.44. The first-order valence-corrected chi connectivity index (χ1v) is 17.5. The quantitative estimate of drug-likeness (QED) is 0.183. The molecule has 246 valence electrons. The molecule has 2 aliphatic heterocycles. The first kappa shape index (κ1) is 31.7. The van der Waals surface area contributed by atoms with Gasteiger partial charge in [0.25, 0.3) is 5.91 Å². The summed E-state index contributed by atoms with van der Waals surface area (Å²) in [5, 5.41) is 2.53. The average molecular weight is 632 g/mol. The van der Waals surface area contributed by atoms with Crippen LogP contribution in [0.1, 0.15) is 44.7 Å². The molecule has 47 heavy (non-hydrogen) atoms. The number of likely N-dealkylation sites (N-methyl/N-ethyl adjacent to an activating group) is 1. The van der Waals surface area contributed by atoms with Gasteiger partial charge in [-0.1, -0.05) is 24.3 Å². The average Bonchev–Trinajstić information content (AvgIpc) is 3.66. The maximum absolute atomic E-state index is 13.3. The lowest BCUT2D eigenvalue weighted by molar-refractivity contribution is 0.0638. The fourth-order valence-corrected chi connectivity index (χ4v) is 7.44. The number of aromatic nitrogens is 1. The van der Waals surface area contributed by atoms with Gasteiger partial charge in [0.15, 0.2) is 0 Å². The van der Waals surface area contributed by atoms with Gasteiger partial charge in [0, 0.05) is 93.0 Å². The Balaban J connectivity index is 0.908. The SMILES string of the molecule is Cc1c(C)n(CCCN2CCN(C)CC2)c2ccc(Cc3ccc(C(=O)N4CCN(CCc5ccc6occc6c5)CC4)cc3)cc12. The van der Waals surface area contributed by atoms with Crippen LogP contribution in [0.3, 0.4) is 0 Å². The Hall–Kier alpha value is -3.91. The summed E-state index contributed by atoms with van der Waals surface area (Å²) in [6, 6.07) is 23.7. The van der Waals surface area contributed by atoms with E-state index in [9.17, 15) is 4.79 Å². The van der Waals surface area contributed by atoms with E-state index in [0.717, 1.165) is 68.6 Å². The lowest BCUT2D eigenvalue weighted by atomic mass is 10.0. The van der Waals surface area contributed by atoms with Crippen LogP contribution in [-0.2, 0) is 19.4 Å². The number of benzene rings is 3. The normalized spacial score (nSPS) is 16.9. The Morgan fingerprint density at radius 1 is 0.723 bits per heavy atom. The van der Waals surface area contributed by atoms with E-state index >= 15 is 0 Å². The van der Waals surface area contributed by atoms with Crippen LogP contribution in [0.2, 0.25) is 0 Å². The zero-order valence-electron chi connectivity index (χ0n) is 28.4. The molecule has 2 aliphatic rings. The number of hydrogen-bond acceptors (Lipinski definition) is 5. The van der Waals surface area contributed by atoms with Crippen LogP contribution < -0.4 is 0 Å². The number of hydrogen-bond donors (Lipinski definition) is 0. The molecule has 7 rings (SSSR count). The number of amides is 1. The zero-order valence-corrected chi connectivity index (χ0v) is 28.4. The van der Waals surface area contributed by atoms with Crippen LogP contribution in [0.5, 0.6) is 0 Å². The zero-order chi connectivity index (χ0) is 32.3. The summed E-state index contributed by atoms with van der Waals surface area (Å²) < 4.78 is 7.99. The maximum Gasteiger partial charge on any atom is 0.253 e. The van der Waals surface area contributed by atoms with Crippen molar-refractivity contribution in [2.45, 2.75) is 39.7 Å².